The van der Waals surface area contributed by atoms with E-state index in [1.165, 1.54) is 6.92 Å². The number of aliphatic hydroxyl groups is 2. The second-order valence-electron chi connectivity index (χ2n) is 12.5. The van der Waals surface area contributed by atoms with Gasteiger partial charge in [0.1, 0.15) is 5.60 Å². The normalized spacial score (nSPS) is 42.5. The third-order valence-corrected chi connectivity index (χ3v) is 10.8. The van der Waals surface area contributed by atoms with E-state index in [0.29, 0.717) is 42.6 Å². The Hall–Kier alpha value is -2.02. The van der Waals surface area contributed by atoms with Crippen molar-refractivity contribution in [2.45, 2.75) is 96.6 Å². The monoisotopic (exact) mass is 496 g/mol. The van der Waals surface area contributed by atoms with Gasteiger partial charge in [0.05, 0.1) is 0 Å². The van der Waals surface area contributed by atoms with Crippen molar-refractivity contribution in [3.05, 3.63) is 47.0 Å². The summed E-state index contributed by atoms with van der Waals surface area (Å²) in [5.74, 6) is -1.62. The molecule has 4 aliphatic carbocycles. The quantitative estimate of drug-likeness (QED) is 0.387. The van der Waals surface area contributed by atoms with Crippen molar-refractivity contribution in [3.63, 3.8) is 0 Å². The number of carboxylic acid groups (broad SMARTS) is 1. The lowest BCUT2D eigenvalue weighted by Gasteiger charge is -2.59. The Bertz CT molecular complexity index is 1090. The number of benzene rings is 1. The van der Waals surface area contributed by atoms with E-state index in [4.69, 9.17) is 4.74 Å². The van der Waals surface area contributed by atoms with Crippen LogP contribution in [0, 0.1) is 35.5 Å². The van der Waals surface area contributed by atoms with Gasteiger partial charge in [0.25, 0.3) is 0 Å². The summed E-state index contributed by atoms with van der Waals surface area (Å²) in [7, 11) is 0. The minimum atomic E-state index is -1.53. The van der Waals surface area contributed by atoms with Crippen LogP contribution in [-0.2, 0) is 14.3 Å². The number of hydrogen-bond donors (Lipinski definition) is 3. The highest BCUT2D eigenvalue weighted by atomic mass is 16.6. The van der Waals surface area contributed by atoms with Crippen LogP contribution in [0.5, 0.6) is 0 Å². The number of hydrogen-bond acceptors (Lipinski definition) is 5. The molecule has 2 unspecified atom stereocenters. The summed E-state index contributed by atoms with van der Waals surface area (Å²) in [6.07, 6.45) is 6.47. The molecule has 0 bridgehead atoms. The summed E-state index contributed by atoms with van der Waals surface area (Å²) < 4.78 is 5.98. The third-order valence-electron chi connectivity index (χ3n) is 10.8. The molecule has 0 spiro atoms. The van der Waals surface area contributed by atoms with Crippen LogP contribution in [0.4, 0.5) is 0 Å². The number of fused-ring (bicyclic) bond motifs is 5. The van der Waals surface area contributed by atoms with Crippen LogP contribution in [0.25, 0.3) is 0 Å². The van der Waals surface area contributed by atoms with Crippen LogP contribution in [-0.4, -0.2) is 38.5 Å². The predicted molar refractivity (Wildman–Crippen MR) is 135 cm³/mol. The van der Waals surface area contributed by atoms with Crippen molar-refractivity contribution in [1.29, 1.82) is 0 Å². The number of carbonyl (C=O) groups is 2. The van der Waals surface area contributed by atoms with Gasteiger partial charge in [-0.1, -0.05) is 55.3 Å². The molecule has 196 valence electrons. The highest BCUT2D eigenvalue weighted by Crippen LogP contribution is 2.67. The summed E-state index contributed by atoms with van der Waals surface area (Å²) in [6, 6.07) is 7.20. The van der Waals surface area contributed by atoms with Gasteiger partial charge in [0.15, 0.2) is 17.7 Å². The molecule has 4 aliphatic rings. The van der Waals surface area contributed by atoms with Gasteiger partial charge in [-0.2, -0.15) is 0 Å². The van der Waals surface area contributed by atoms with Crippen LogP contribution in [0.2, 0.25) is 0 Å². The minimum Gasteiger partial charge on any atom is -0.479 e. The number of carbonyl (C=O) groups excluding carboxylic acids is 1. The first-order chi connectivity index (χ1) is 16.8. The van der Waals surface area contributed by atoms with Gasteiger partial charge in [-0.15, -0.1) is 0 Å². The molecule has 0 amide bonds. The van der Waals surface area contributed by atoms with Gasteiger partial charge in [-0.05, 0) is 81.1 Å². The van der Waals surface area contributed by atoms with Crippen LogP contribution in [0.3, 0.4) is 0 Å². The molecule has 3 N–H and O–H groups in total. The van der Waals surface area contributed by atoms with Crippen LogP contribution in [0.15, 0.2) is 35.9 Å². The molecular formula is C30H40O6. The maximum atomic E-state index is 12.5. The lowest BCUT2D eigenvalue weighted by atomic mass is 9.46. The summed E-state index contributed by atoms with van der Waals surface area (Å²) in [5.41, 5.74) is 1.01. The number of ether oxygens (including phenoxy) is 1. The SMILES string of the molecule is CC(=O)[C@@]1(O)CC[C@H]2[C@@H]3CC=C4CC(O)(OC(C(=O)O)c5ccc(C)cc5)CC[C@]4(C)[C@H]3CC[C@@]21C. The van der Waals surface area contributed by atoms with E-state index in [1.54, 1.807) is 12.1 Å². The van der Waals surface area contributed by atoms with E-state index in [1.807, 2.05) is 19.1 Å². The van der Waals surface area contributed by atoms with Crippen LogP contribution < -0.4 is 0 Å². The summed E-state index contributed by atoms with van der Waals surface area (Å²) in [6.45, 7) is 7.88. The Kier molecular flexibility index (Phi) is 6.05. The molecule has 0 aliphatic heterocycles. The van der Waals surface area contributed by atoms with Gasteiger partial charge in [0.2, 0.25) is 0 Å². The Balaban J connectivity index is 1.38. The van der Waals surface area contributed by atoms with Crippen LogP contribution >= 0.6 is 0 Å². The summed E-state index contributed by atoms with van der Waals surface area (Å²) in [5, 5.41) is 32.7. The molecule has 5 rings (SSSR count). The van der Waals surface area contributed by atoms with Crippen molar-refractivity contribution in [3.8, 4) is 0 Å². The molecule has 0 aromatic heterocycles. The fourth-order valence-corrected chi connectivity index (χ4v) is 8.53. The minimum absolute atomic E-state index is 0.0979. The highest BCUT2D eigenvalue weighted by Gasteiger charge is 2.65. The van der Waals surface area contributed by atoms with Gasteiger partial charge in [0, 0.05) is 18.3 Å². The van der Waals surface area contributed by atoms with E-state index in [-0.39, 0.29) is 16.6 Å². The van der Waals surface area contributed by atoms with Crippen molar-refractivity contribution in [2.24, 2.45) is 28.6 Å². The zero-order valence-electron chi connectivity index (χ0n) is 21.9. The van der Waals surface area contributed by atoms with E-state index in [9.17, 15) is 24.9 Å². The van der Waals surface area contributed by atoms with Crippen LogP contribution in [0.1, 0.15) is 89.4 Å². The van der Waals surface area contributed by atoms with Crippen molar-refractivity contribution >= 4 is 11.8 Å². The molecule has 36 heavy (non-hydrogen) atoms. The number of aliphatic carboxylic acids is 1. The third kappa shape index (κ3) is 3.71. The molecule has 8 atom stereocenters. The maximum absolute atomic E-state index is 12.5. The van der Waals surface area contributed by atoms with Gasteiger partial charge in [-0.3, -0.25) is 4.79 Å². The Morgan fingerprint density at radius 2 is 1.67 bits per heavy atom. The number of aryl methyl sites for hydroxylation is 1. The van der Waals surface area contributed by atoms with E-state index in [2.05, 4.69) is 19.9 Å². The number of rotatable bonds is 5. The number of allylic oxidation sites excluding steroid dienone is 1. The fraction of sp³-hybridized carbons (Fsp3) is 0.667. The van der Waals surface area contributed by atoms with Crippen molar-refractivity contribution < 1.29 is 29.6 Å². The average Bonchev–Trinajstić information content (AvgIpc) is 3.11. The molecule has 6 nitrogen and oxygen atoms in total. The molecule has 0 saturated heterocycles. The van der Waals surface area contributed by atoms with Gasteiger partial charge >= 0.3 is 5.97 Å². The topological polar surface area (TPSA) is 104 Å². The fourth-order valence-electron chi connectivity index (χ4n) is 8.53. The number of carboxylic acids is 1. The zero-order valence-corrected chi connectivity index (χ0v) is 21.9. The largest absolute Gasteiger partial charge is 0.479 e. The first-order valence-electron chi connectivity index (χ1n) is 13.5. The number of Topliss-reactive ketones (excluding diaryl/α,β-unsaturated/α-hetero) is 1. The van der Waals surface area contributed by atoms with Crippen molar-refractivity contribution in [2.75, 3.05) is 0 Å². The molecular weight excluding hydrogens is 456 g/mol. The maximum Gasteiger partial charge on any atom is 0.337 e. The Morgan fingerprint density at radius 3 is 2.31 bits per heavy atom. The molecule has 0 radical (unpaired) electrons. The predicted octanol–water partition coefficient (Wildman–Crippen LogP) is 5.11. The molecule has 3 fully saturated rings. The molecule has 1 aromatic rings. The Morgan fingerprint density at radius 1 is 1.00 bits per heavy atom. The smallest absolute Gasteiger partial charge is 0.337 e. The highest BCUT2D eigenvalue weighted by molar-refractivity contribution is 5.86. The Labute approximate surface area is 213 Å². The molecule has 6 heteroatoms. The zero-order chi connectivity index (χ0) is 26.1. The van der Waals surface area contributed by atoms with E-state index < -0.39 is 23.5 Å². The summed E-state index contributed by atoms with van der Waals surface area (Å²) >= 11 is 0. The molecule has 3 saturated carbocycles. The second kappa shape index (κ2) is 8.50. The first-order valence-corrected chi connectivity index (χ1v) is 13.5. The summed E-state index contributed by atoms with van der Waals surface area (Å²) in [4.78, 5) is 24.5. The van der Waals surface area contributed by atoms with E-state index >= 15 is 0 Å². The number of ketones is 1. The van der Waals surface area contributed by atoms with Gasteiger partial charge < -0.3 is 20.1 Å². The lowest BCUT2D eigenvalue weighted by molar-refractivity contribution is -0.252. The van der Waals surface area contributed by atoms with Gasteiger partial charge in [-0.25, -0.2) is 4.79 Å². The lowest BCUT2D eigenvalue weighted by Crippen LogP contribution is -2.57. The standard InChI is InChI=1S/C30H40O6/c1-18-5-7-20(8-6-18)25(26(32)33)36-29(34)16-15-27(3)21(17-29)9-10-22-23(27)11-13-28(4)24(22)12-14-30(28,35)19(2)31/h5-9,22-25,34-35H,10-17H2,1-4H3,(H,32,33)/t22-,23+,24+,25?,27+,28+,29?,30+/m1/s1. The van der Waals surface area contributed by atoms with Crippen molar-refractivity contribution in [1.82, 2.24) is 0 Å². The molecule has 0 heterocycles. The first kappa shape index (κ1) is 25.6. The molecule has 1 aromatic carbocycles. The second-order valence-corrected chi connectivity index (χ2v) is 12.5. The van der Waals surface area contributed by atoms with E-state index in [0.717, 1.165) is 43.2 Å². The average molecular weight is 497 g/mol.